The number of anilines is 1. The summed E-state index contributed by atoms with van der Waals surface area (Å²) >= 11 is 0. The maximum atomic E-state index is 13.3. The molecule has 0 aromatic heterocycles. The third-order valence-electron chi connectivity index (χ3n) is 6.57. The highest BCUT2D eigenvalue weighted by atomic mass is 16.2. The molecule has 158 valence electrons. The van der Waals surface area contributed by atoms with E-state index in [2.05, 4.69) is 34.9 Å². The molecule has 2 fully saturated rings. The third-order valence-corrected chi connectivity index (χ3v) is 6.57. The standard InChI is InChI=1S/C26H32N2O2/c29-24(21-11-12-21)28-23-15-13-22(14-16-23)26(17-5-2-6-18-26)25(30)27-19-7-10-20-8-3-1-4-9-20/h1,3-4,8-9,13-16,21H,2,5-7,10-12,17-19H2,(H,27,30)(H,28,29). The van der Waals surface area contributed by atoms with Crippen LogP contribution in [0.4, 0.5) is 5.69 Å². The zero-order valence-electron chi connectivity index (χ0n) is 17.7. The molecule has 4 nitrogen and oxygen atoms in total. The lowest BCUT2D eigenvalue weighted by Gasteiger charge is -2.36. The van der Waals surface area contributed by atoms with Gasteiger partial charge in [0.1, 0.15) is 0 Å². The van der Waals surface area contributed by atoms with Crippen LogP contribution in [0.5, 0.6) is 0 Å². The largest absolute Gasteiger partial charge is 0.355 e. The normalized spacial score (nSPS) is 17.9. The van der Waals surface area contributed by atoms with Crippen LogP contribution < -0.4 is 10.6 Å². The molecule has 4 heteroatoms. The molecule has 0 unspecified atom stereocenters. The Labute approximate surface area is 179 Å². The summed E-state index contributed by atoms with van der Waals surface area (Å²) in [7, 11) is 0. The minimum absolute atomic E-state index is 0.117. The highest BCUT2D eigenvalue weighted by Gasteiger charge is 2.40. The van der Waals surface area contributed by atoms with Crippen molar-refractivity contribution in [2.24, 2.45) is 5.92 Å². The fourth-order valence-corrected chi connectivity index (χ4v) is 4.57. The molecular weight excluding hydrogens is 372 g/mol. The van der Waals surface area contributed by atoms with E-state index in [0.29, 0.717) is 6.54 Å². The lowest BCUT2D eigenvalue weighted by Crippen LogP contribution is -2.46. The van der Waals surface area contributed by atoms with Crippen LogP contribution in [0, 0.1) is 5.92 Å². The predicted octanol–water partition coefficient (Wildman–Crippen LogP) is 4.99. The first kappa shape index (κ1) is 20.6. The molecule has 2 saturated carbocycles. The average Bonchev–Trinajstić information content (AvgIpc) is 3.64. The molecule has 2 aromatic carbocycles. The van der Waals surface area contributed by atoms with Crippen molar-refractivity contribution in [2.75, 3.05) is 11.9 Å². The quantitative estimate of drug-likeness (QED) is 0.609. The Morgan fingerprint density at radius 3 is 2.27 bits per heavy atom. The fraction of sp³-hybridized carbons (Fsp3) is 0.462. The van der Waals surface area contributed by atoms with Crippen LogP contribution in [-0.2, 0) is 21.4 Å². The van der Waals surface area contributed by atoms with E-state index >= 15 is 0 Å². The van der Waals surface area contributed by atoms with Crippen molar-refractivity contribution in [3.05, 3.63) is 65.7 Å². The van der Waals surface area contributed by atoms with Crippen LogP contribution in [0.1, 0.15) is 62.5 Å². The van der Waals surface area contributed by atoms with Gasteiger partial charge in [0.15, 0.2) is 0 Å². The molecule has 4 rings (SSSR count). The number of rotatable bonds is 8. The van der Waals surface area contributed by atoms with Gasteiger partial charge in [-0.25, -0.2) is 0 Å². The van der Waals surface area contributed by atoms with Crippen LogP contribution in [0.15, 0.2) is 54.6 Å². The van der Waals surface area contributed by atoms with E-state index in [1.165, 1.54) is 12.0 Å². The fourth-order valence-electron chi connectivity index (χ4n) is 4.57. The highest BCUT2D eigenvalue weighted by molar-refractivity contribution is 5.94. The van der Waals surface area contributed by atoms with E-state index in [1.807, 2.05) is 30.3 Å². The topological polar surface area (TPSA) is 58.2 Å². The van der Waals surface area contributed by atoms with E-state index in [9.17, 15) is 9.59 Å². The van der Waals surface area contributed by atoms with Crippen LogP contribution in [0.3, 0.4) is 0 Å². The van der Waals surface area contributed by atoms with Crippen molar-refractivity contribution in [3.8, 4) is 0 Å². The number of carbonyl (C=O) groups is 2. The number of carbonyl (C=O) groups excluding carboxylic acids is 2. The Morgan fingerprint density at radius 1 is 0.900 bits per heavy atom. The molecule has 0 aliphatic heterocycles. The lowest BCUT2D eigenvalue weighted by atomic mass is 9.68. The second kappa shape index (κ2) is 9.46. The maximum absolute atomic E-state index is 13.3. The van der Waals surface area contributed by atoms with Crippen LogP contribution in [-0.4, -0.2) is 18.4 Å². The van der Waals surface area contributed by atoms with Crippen LogP contribution in [0.25, 0.3) is 0 Å². The summed E-state index contributed by atoms with van der Waals surface area (Å²) in [5.41, 5.74) is 2.77. The molecule has 2 aliphatic rings. The first-order valence-electron chi connectivity index (χ1n) is 11.4. The molecule has 0 heterocycles. The summed E-state index contributed by atoms with van der Waals surface area (Å²) in [4.78, 5) is 25.3. The van der Waals surface area contributed by atoms with E-state index < -0.39 is 5.41 Å². The van der Waals surface area contributed by atoms with Gasteiger partial charge < -0.3 is 10.6 Å². The van der Waals surface area contributed by atoms with E-state index in [-0.39, 0.29) is 17.7 Å². The lowest BCUT2D eigenvalue weighted by molar-refractivity contribution is -0.128. The first-order chi connectivity index (χ1) is 14.7. The van der Waals surface area contributed by atoms with Crippen molar-refractivity contribution in [2.45, 2.75) is 63.2 Å². The van der Waals surface area contributed by atoms with Gasteiger partial charge in [0, 0.05) is 18.2 Å². The summed E-state index contributed by atoms with van der Waals surface area (Å²) in [6, 6.07) is 18.4. The third kappa shape index (κ3) is 4.92. The van der Waals surface area contributed by atoms with Crippen molar-refractivity contribution in [1.82, 2.24) is 5.32 Å². The molecule has 30 heavy (non-hydrogen) atoms. The Hall–Kier alpha value is -2.62. The zero-order chi connectivity index (χ0) is 20.8. The molecule has 2 amide bonds. The van der Waals surface area contributed by atoms with Crippen molar-refractivity contribution < 1.29 is 9.59 Å². The monoisotopic (exact) mass is 404 g/mol. The smallest absolute Gasteiger partial charge is 0.230 e. The molecule has 0 radical (unpaired) electrons. The maximum Gasteiger partial charge on any atom is 0.230 e. The minimum Gasteiger partial charge on any atom is -0.355 e. The second-order valence-corrected chi connectivity index (χ2v) is 8.83. The number of amides is 2. The van der Waals surface area contributed by atoms with Gasteiger partial charge in [0.25, 0.3) is 0 Å². The summed E-state index contributed by atoms with van der Waals surface area (Å²) in [5, 5.41) is 6.22. The number of nitrogens with one attached hydrogen (secondary N) is 2. The van der Waals surface area contributed by atoms with Gasteiger partial charge >= 0.3 is 0 Å². The molecule has 0 atom stereocenters. The molecule has 2 aliphatic carbocycles. The number of benzene rings is 2. The minimum atomic E-state index is -0.440. The van der Waals surface area contributed by atoms with Gasteiger partial charge in [-0.15, -0.1) is 0 Å². The SMILES string of the molecule is O=C(Nc1ccc(C2(C(=O)NCCCc3ccccc3)CCCCC2)cc1)C1CC1. The Balaban J connectivity index is 1.38. The Bertz CT molecular complexity index is 850. The summed E-state index contributed by atoms with van der Waals surface area (Å²) in [6.07, 6.45) is 9.06. The van der Waals surface area contributed by atoms with E-state index in [1.54, 1.807) is 0 Å². The van der Waals surface area contributed by atoms with Crippen molar-refractivity contribution in [3.63, 3.8) is 0 Å². The van der Waals surface area contributed by atoms with Gasteiger partial charge in [-0.05, 0) is 61.8 Å². The van der Waals surface area contributed by atoms with Crippen LogP contribution in [0.2, 0.25) is 0 Å². The van der Waals surface area contributed by atoms with Gasteiger partial charge in [0.05, 0.1) is 5.41 Å². The first-order valence-corrected chi connectivity index (χ1v) is 11.4. The molecule has 2 aromatic rings. The summed E-state index contributed by atoms with van der Waals surface area (Å²) in [5.74, 6) is 0.465. The molecule has 0 bridgehead atoms. The number of hydrogen-bond donors (Lipinski definition) is 2. The second-order valence-electron chi connectivity index (χ2n) is 8.83. The number of aryl methyl sites for hydroxylation is 1. The average molecular weight is 405 g/mol. The van der Waals surface area contributed by atoms with Gasteiger partial charge in [-0.1, -0.05) is 61.7 Å². The predicted molar refractivity (Wildman–Crippen MR) is 120 cm³/mol. The van der Waals surface area contributed by atoms with E-state index in [4.69, 9.17) is 0 Å². The highest BCUT2D eigenvalue weighted by Crippen LogP contribution is 2.40. The molecule has 2 N–H and O–H groups in total. The Morgan fingerprint density at radius 2 is 1.60 bits per heavy atom. The molecule has 0 saturated heterocycles. The van der Waals surface area contributed by atoms with Crippen molar-refractivity contribution in [1.29, 1.82) is 0 Å². The zero-order valence-corrected chi connectivity index (χ0v) is 17.7. The number of hydrogen-bond acceptors (Lipinski definition) is 2. The Kier molecular flexibility index (Phi) is 6.51. The molecule has 0 spiro atoms. The van der Waals surface area contributed by atoms with Crippen LogP contribution >= 0.6 is 0 Å². The summed E-state index contributed by atoms with van der Waals surface area (Å²) in [6.45, 7) is 0.699. The van der Waals surface area contributed by atoms with Gasteiger partial charge in [-0.3, -0.25) is 9.59 Å². The molecular formula is C26H32N2O2. The summed E-state index contributed by atoms with van der Waals surface area (Å²) < 4.78 is 0. The van der Waals surface area contributed by atoms with E-state index in [0.717, 1.165) is 62.6 Å². The van der Waals surface area contributed by atoms with Crippen molar-refractivity contribution >= 4 is 17.5 Å². The van der Waals surface area contributed by atoms with Gasteiger partial charge in [-0.2, -0.15) is 0 Å². The van der Waals surface area contributed by atoms with Gasteiger partial charge in [0.2, 0.25) is 11.8 Å².